The van der Waals surface area contributed by atoms with E-state index in [0.29, 0.717) is 6.04 Å². The lowest BCUT2D eigenvalue weighted by Gasteiger charge is -2.26. The van der Waals surface area contributed by atoms with Crippen molar-refractivity contribution >= 4 is 5.82 Å². The highest BCUT2D eigenvalue weighted by Crippen LogP contribution is 2.34. The Kier molecular flexibility index (Phi) is 4.25. The summed E-state index contributed by atoms with van der Waals surface area (Å²) >= 11 is 0. The van der Waals surface area contributed by atoms with E-state index in [2.05, 4.69) is 35.9 Å². The average molecular weight is 273 g/mol. The largest absolute Gasteiger partial charge is 0.357 e. The first-order valence-electron chi connectivity index (χ1n) is 8.25. The number of rotatable bonds is 4. The van der Waals surface area contributed by atoms with Gasteiger partial charge in [0, 0.05) is 25.3 Å². The van der Waals surface area contributed by atoms with Gasteiger partial charge in [0.1, 0.15) is 5.82 Å². The molecule has 2 fully saturated rings. The molecule has 20 heavy (non-hydrogen) atoms. The van der Waals surface area contributed by atoms with Crippen LogP contribution in [0.3, 0.4) is 0 Å². The summed E-state index contributed by atoms with van der Waals surface area (Å²) in [5.41, 5.74) is 2.88. The Morgan fingerprint density at radius 1 is 1.20 bits per heavy atom. The second-order valence-corrected chi connectivity index (χ2v) is 6.29. The highest BCUT2D eigenvalue weighted by atomic mass is 15.2. The van der Waals surface area contributed by atoms with Crippen LogP contribution in [0.2, 0.25) is 0 Å². The van der Waals surface area contributed by atoms with Gasteiger partial charge in [0.05, 0.1) is 0 Å². The lowest BCUT2D eigenvalue weighted by molar-refractivity contribution is 0.257. The third-order valence-corrected chi connectivity index (χ3v) is 4.80. The Morgan fingerprint density at radius 3 is 2.70 bits per heavy atom. The molecule has 3 heterocycles. The van der Waals surface area contributed by atoms with Gasteiger partial charge < -0.3 is 4.90 Å². The van der Waals surface area contributed by atoms with E-state index in [-0.39, 0.29) is 0 Å². The second kappa shape index (κ2) is 6.13. The Hall–Kier alpha value is -1.09. The van der Waals surface area contributed by atoms with Gasteiger partial charge in [-0.15, -0.1) is 0 Å². The van der Waals surface area contributed by atoms with Crippen LogP contribution in [0.1, 0.15) is 56.2 Å². The van der Waals surface area contributed by atoms with Crippen LogP contribution in [-0.2, 0) is 0 Å². The molecule has 1 aromatic rings. The Morgan fingerprint density at radius 2 is 2.00 bits per heavy atom. The minimum absolute atomic E-state index is 0.607. The molecule has 0 amide bonds. The zero-order chi connectivity index (χ0) is 13.9. The number of aromatic nitrogens is 1. The van der Waals surface area contributed by atoms with Crippen molar-refractivity contribution in [3.63, 3.8) is 0 Å². The minimum atomic E-state index is 0.607. The highest BCUT2D eigenvalue weighted by molar-refractivity contribution is 5.45. The maximum Gasteiger partial charge on any atom is 0.128 e. The smallest absolute Gasteiger partial charge is 0.128 e. The van der Waals surface area contributed by atoms with Gasteiger partial charge >= 0.3 is 0 Å². The van der Waals surface area contributed by atoms with E-state index in [1.54, 1.807) is 0 Å². The molecule has 110 valence electrons. The molecule has 2 aliphatic heterocycles. The number of likely N-dealkylation sites (tertiary alicyclic amines) is 1. The standard InChI is InChI=1S/C17H27N3/c1-3-8-19-11-6-7-16(19)15-13-18-17(12-14(15)2)20-9-4-5-10-20/h12-13,16H,3-11H2,1-2H3/t16-/m1/s1. The zero-order valence-electron chi connectivity index (χ0n) is 12.9. The highest BCUT2D eigenvalue weighted by Gasteiger charge is 2.27. The van der Waals surface area contributed by atoms with Gasteiger partial charge in [-0.1, -0.05) is 6.92 Å². The molecule has 0 N–H and O–H groups in total. The summed E-state index contributed by atoms with van der Waals surface area (Å²) in [4.78, 5) is 9.82. The molecular formula is C17H27N3. The molecule has 2 aliphatic rings. The van der Waals surface area contributed by atoms with Crippen LogP contribution in [0.25, 0.3) is 0 Å². The second-order valence-electron chi connectivity index (χ2n) is 6.29. The van der Waals surface area contributed by atoms with E-state index >= 15 is 0 Å². The molecule has 3 nitrogen and oxygen atoms in total. The van der Waals surface area contributed by atoms with E-state index in [4.69, 9.17) is 4.98 Å². The van der Waals surface area contributed by atoms with Crippen LogP contribution >= 0.6 is 0 Å². The predicted molar refractivity (Wildman–Crippen MR) is 84.3 cm³/mol. The summed E-state index contributed by atoms with van der Waals surface area (Å²) in [7, 11) is 0. The normalized spacial score (nSPS) is 23.7. The van der Waals surface area contributed by atoms with Crippen LogP contribution in [0.5, 0.6) is 0 Å². The number of pyridine rings is 1. The lowest BCUT2D eigenvalue weighted by Crippen LogP contribution is -2.25. The fraction of sp³-hybridized carbons (Fsp3) is 0.706. The van der Waals surface area contributed by atoms with Crippen LogP contribution in [0, 0.1) is 6.92 Å². The monoisotopic (exact) mass is 273 g/mol. The van der Waals surface area contributed by atoms with E-state index in [1.165, 1.54) is 75.2 Å². The molecule has 0 radical (unpaired) electrons. The molecule has 0 bridgehead atoms. The van der Waals surface area contributed by atoms with Crippen molar-refractivity contribution in [1.82, 2.24) is 9.88 Å². The van der Waals surface area contributed by atoms with Crippen LogP contribution < -0.4 is 4.90 Å². The number of hydrogen-bond acceptors (Lipinski definition) is 3. The van der Waals surface area contributed by atoms with Crippen LogP contribution in [-0.4, -0.2) is 36.1 Å². The first-order valence-corrected chi connectivity index (χ1v) is 8.25. The topological polar surface area (TPSA) is 19.4 Å². The maximum atomic E-state index is 4.76. The SMILES string of the molecule is CCCN1CCC[C@@H]1c1cnc(N2CCCC2)cc1C. The molecule has 3 heteroatoms. The Labute approximate surface area is 123 Å². The molecule has 0 aliphatic carbocycles. The molecule has 0 unspecified atom stereocenters. The number of anilines is 1. The lowest BCUT2D eigenvalue weighted by atomic mass is 10.0. The third-order valence-electron chi connectivity index (χ3n) is 4.80. The number of hydrogen-bond donors (Lipinski definition) is 0. The summed E-state index contributed by atoms with van der Waals surface area (Å²) in [6.07, 6.45) is 8.66. The Bertz CT molecular complexity index is 452. The minimum Gasteiger partial charge on any atom is -0.357 e. The first kappa shape index (κ1) is 13.9. The van der Waals surface area contributed by atoms with E-state index < -0.39 is 0 Å². The molecule has 0 saturated carbocycles. The van der Waals surface area contributed by atoms with E-state index in [1.807, 2.05) is 0 Å². The number of nitrogens with zero attached hydrogens (tertiary/aromatic N) is 3. The fourth-order valence-corrected chi connectivity index (χ4v) is 3.75. The third kappa shape index (κ3) is 2.69. The van der Waals surface area contributed by atoms with Crippen LogP contribution in [0.15, 0.2) is 12.3 Å². The summed E-state index contributed by atoms with van der Waals surface area (Å²) < 4.78 is 0. The molecule has 2 saturated heterocycles. The van der Waals surface area contributed by atoms with E-state index in [0.717, 1.165) is 0 Å². The van der Waals surface area contributed by atoms with Crippen molar-refractivity contribution in [3.8, 4) is 0 Å². The quantitative estimate of drug-likeness (QED) is 0.836. The first-order chi connectivity index (χ1) is 9.79. The molecule has 1 aromatic heterocycles. The van der Waals surface area contributed by atoms with Gasteiger partial charge in [-0.05, 0) is 69.3 Å². The predicted octanol–water partition coefficient (Wildman–Crippen LogP) is 3.54. The van der Waals surface area contributed by atoms with Crippen LogP contribution in [0.4, 0.5) is 5.82 Å². The average Bonchev–Trinajstić information content (AvgIpc) is 3.10. The van der Waals surface area contributed by atoms with Crippen molar-refractivity contribution in [2.45, 2.75) is 52.0 Å². The summed E-state index contributed by atoms with van der Waals surface area (Å²) in [5.74, 6) is 1.18. The number of aryl methyl sites for hydroxylation is 1. The zero-order valence-corrected chi connectivity index (χ0v) is 12.9. The van der Waals surface area contributed by atoms with Crippen molar-refractivity contribution in [2.75, 3.05) is 31.1 Å². The van der Waals surface area contributed by atoms with Gasteiger partial charge in [-0.25, -0.2) is 4.98 Å². The van der Waals surface area contributed by atoms with Gasteiger partial charge in [-0.2, -0.15) is 0 Å². The molecule has 3 rings (SSSR count). The molecule has 0 aromatic carbocycles. The molecular weight excluding hydrogens is 246 g/mol. The van der Waals surface area contributed by atoms with Gasteiger partial charge in [-0.3, -0.25) is 4.90 Å². The van der Waals surface area contributed by atoms with Gasteiger partial charge in [0.2, 0.25) is 0 Å². The molecule has 1 atom stereocenters. The molecule has 0 spiro atoms. The van der Waals surface area contributed by atoms with E-state index in [9.17, 15) is 0 Å². The van der Waals surface area contributed by atoms with Crippen molar-refractivity contribution in [2.24, 2.45) is 0 Å². The fourth-order valence-electron chi connectivity index (χ4n) is 3.75. The Balaban J connectivity index is 1.79. The summed E-state index contributed by atoms with van der Waals surface area (Å²) in [6, 6.07) is 2.92. The van der Waals surface area contributed by atoms with Crippen molar-refractivity contribution in [1.29, 1.82) is 0 Å². The summed E-state index contributed by atoms with van der Waals surface area (Å²) in [5, 5.41) is 0. The maximum absolute atomic E-state index is 4.76. The van der Waals surface area contributed by atoms with Crippen molar-refractivity contribution < 1.29 is 0 Å². The van der Waals surface area contributed by atoms with Gasteiger partial charge in [0.25, 0.3) is 0 Å². The summed E-state index contributed by atoms with van der Waals surface area (Å²) in [6.45, 7) is 9.37. The van der Waals surface area contributed by atoms with Crippen molar-refractivity contribution in [3.05, 3.63) is 23.4 Å². The van der Waals surface area contributed by atoms with Gasteiger partial charge in [0.15, 0.2) is 0 Å².